The van der Waals surface area contributed by atoms with Crippen LogP contribution in [0.4, 0.5) is 11.4 Å². The number of fused-ring (bicyclic) bond motifs is 1. The first kappa shape index (κ1) is 26.7. The number of benzene rings is 3. The van der Waals surface area contributed by atoms with Gasteiger partial charge >= 0.3 is 0 Å². The van der Waals surface area contributed by atoms with Gasteiger partial charge in [0.05, 0.1) is 53.7 Å². The van der Waals surface area contributed by atoms with Gasteiger partial charge in [-0.2, -0.15) is 5.26 Å². The first-order valence-electron chi connectivity index (χ1n) is 12.5. The number of nitrogens with one attached hydrogen (secondary N) is 3. The van der Waals surface area contributed by atoms with Crippen molar-refractivity contribution in [1.29, 1.82) is 5.26 Å². The Hall–Kier alpha value is -4.94. The van der Waals surface area contributed by atoms with Crippen LogP contribution in [0.2, 0.25) is 0 Å². The second-order valence-electron chi connectivity index (χ2n) is 9.03. The number of rotatable bonds is 8. The van der Waals surface area contributed by atoms with E-state index in [1.807, 2.05) is 48.5 Å². The maximum atomic E-state index is 13.6. The Kier molecular flexibility index (Phi) is 7.89. The van der Waals surface area contributed by atoms with Crippen LogP contribution in [0.25, 0.3) is 10.8 Å². The number of carbonyl (C=O) groups is 2. The number of carbonyl (C=O) groups excluding carboxylic acids is 2. The minimum absolute atomic E-state index is 0.0604. The molecule has 3 N–H and O–H groups in total. The number of allylic oxidation sites excluding steroid dienone is 2. The zero-order chi connectivity index (χ0) is 28.1. The number of methoxy groups -OCH3 is 1. The molecule has 3 aromatic carbocycles. The summed E-state index contributed by atoms with van der Waals surface area (Å²) < 4.78 is 10.7. The molecule has 0 fully saturated rings. The van der Waals surface area contributed by atoms with E-state index in [-0.39, 0.29) is 17.6 Å². The molecule has 0 bridgehead atoms. The summed E-state index contributed by atoms with van der Waals surface area (Å²) >= 11 is 1.21. The molecule has 0 unspecified atom stereocenters. The number of hydrogen-bond donors (Lipinski definition) is 3. The Morgan fingerprint density at radius 1 is 1.02 bits per heavy atom. The van der Waals surface area contributed by atoms with E-state index in [1.165, 1.54) is 31.4 Å². The number of furan rings is 1. The standard InChI is InChI=1S/C31H26N4O4S/c1-19-28(30(37)35-25-11-5-6-13-26(25)38-2)29(21-14-15-39-17-21)23(16-32)31(33-19)40-18-27(36)34-24-12-7-9-20-8-3-4-10-22(20)24/h3-15,17,29,33H,18H2,1-2H3,(H,34,36)(H,35,37)/t29-/m0/s1. The van der Waals surface area contributed by atoms with E-state index in [0.29, 0.717) is 38.9 Å². The SMILES string of the molecule is COc1ccccc1NC(=O)C1=C(C)NC(SCC(=O)Nc2cccc3ccccc23)=C(C#N)[C@@H]1c1ccoc1. The van der Waals surface area contributed by atoms with Crippen LogP contribution in [0.15, 0.2) is 112 Å². The highest BCUT2D eigenvalue weighted by atomic mass is 32.2. The second-order valence-corrected chi connectivity index (χ2v) is 10.0. The van der Waals surface area contributed by atoms with Gasteiger partial charge in [0.15, 0.2) is 0 Å². The van der Waals surface area contributed by atoms with Crippen molar-refractivity contribution in [3.8, 4) is 11.8 Å². The molecule has 1 aliphatic heterocycles. The molecule has 2 heterocycles. The summed E-state index contributed by atoms with van der Waals surface area (Å²) in [5, 5.41) is 21.8. The lowest BCUT2D eigenvalue weighted by Crippen LogP contribution is -2.31. The van der Waals surface area contributed by atoms with Crippen LogP contribution in [-0.2, 0) is 9.59 Å². The van der Waals surface area contributed by atoms with Crippen molar-refractivity contribution in [2.45, 2.75) is 12.8 Å². The number of amides is 2. The normalized spacial score (nSPS) is 14.9. The Morgan fingerprint density at radius 3 is 2.55 bits per heavy atom. The number of ether oxygens (including phenoxy) is 1. The highest BCUT2D eigenvalue weighted by Gasteiger charge is 2.35. The van der Waals surface area contributed by atoms with Crippen molar-refractivity contribution in [1.82, 2.24) is 5.32 Å². The van der Waals surface area contributed by atoms with Gasteiger partial charge in [-0.25, -0.2) is 0 Å². The third kappa shape index (κ3) is 5.44. The van der Waals surface area contributed by atoms with Gasteiger partial charge in [0.1, 0.15) is 5.75 Å². The molecule has 2 amide bonds. The zero-order valence-electron chi connectivity index (χ0n) is 21.9. The van der Waals surface area contributed by atoms with E-state index >= 15 is 0 Å². The van der Waals surface area contributed by atoms with Crippen LogP contribution in [0.1, 0.15) is 18.4 Å². The summed E-state index contributed by atoms with van der Waals surface area (Å²) in [5.41, 5.74) is 3.13. The minimum atomic E-state index is -0.691. The van der Waals surface area contributed by atoms with Crippen LogP contribution >= 0.6 is 11.8 Å². The third-order valence-corrected chi connectivity index (χ3v) is 7.55. The molecule has 5 rings (SSSR count). The molecule has 4 aromatic rings. The van der Waals surface area contributed by atoms with E-state index in [1.54, 1.807) is 31.2 Å². The van der Waals surface area contributed by atoms with Crippen LogP contribution in [-0.4, -0.2) is 24.7 Å². The highest BCUT2D eigenvalue weighted by molar-refractivity contribution is 8.03. The lowest BCUT2D eigenvalue weighted by molar-refractivity contribution is -0.114. The highest BCUT2D eigenvalue weighted by Crippen LogP contribution is 2.41. The van der Waals surface area contributed by atoms with Crippen molar-refractivity contribution < 1.29 is 18.7 Å². The molecule has 0 saturated heterocycles. The molecule has 0 radical (unpaired) electrons. The van der Waals surface area contributed by atoms with Crippen molar-refractivity contribution in [3.63, 3.8) is 0 Å². The van der Waals surface area contributed by atoms with Crippen molar-refractivity contribution in [3.05, 3.63) is 113 Å². The first-order valence-corrected chi connectivity index (χ1v) is 13.5. The number of nitrogens with zero attached hydrogens (tertiary/aromatic N) is 1. The molecule has 0 spiro atoms. The van der Waals surface area contributed by atoms with Crippen LogP contribution in [0.5, 0.6) is 5.75 Å². The summed E-state index contributed by atoms with van der Waals surface area (Å²) in [6.07, 6.45) is 3.02. The fourth-order valence-electron chi connectivity index (χ4n) is 4.70. The Morgan fingerprint density at radius 2 is 1.77 bits per heavy atom. The maximum absolute atomic E-state index is 13.6. The number of thioether (sulfide) groups is 1. The van der Waals surface area contributed by atoms with Crippen LogP contribution < -0.4 is 20.7 Å². The number of dihydropyridines is 1. The summed E-state index contributed by atoms with van der Waals surface area (Å²) in [6.45, 7) is 1.77. The van der Waals surface area contributed by atoms with Crippen LogP contribution in [0.3, 0.4) is 0 Å². The zero-order valence-corrected chi connectivity index (χ0v) is 22.7. The largest absolute Gasteiger partial charge is 0.495 e. The van der Waals surface area contributed by atoms with Crippen molar-refractivity contribution in [2.24, 2.45) is 0 Å². The van der Waals surface area contributed by atoms with Crippen LogP contribution in [0, 0.1) is 11.3 Å². The van der Waals surface area contributed by atoms with Crippen molar-refractivity contribution >= 4 is 45.7 Å². The van der Waals surface area contributed by atoms with Gasteiger partial charge in [-0.1, -0.05) is 60.3 Å². The molecule has 1 aliphatic rings. The van der Waals surface area contributed by atoms with E-state index in [4.69, 9.17) is 9.15 Å². The summed E-state index contributed by atoms with van der Waals surface area (Å²) in [6, 6.07) is 24.7. The molecule has 0 saturated carbocycles. The maximum Gasteiger partial charge on any atom is 0.254 e. The molecule has 9 heteroatoms. The Bertz CT molecular complexity index is 1680. The summed E-state index contributed by atoms with van der Waals surface area (Å²) in [5.74, 6) is -0.712. The second kappa shape index (κ2) is 11.8. The minimum Gasteiger partial charge on any atom is -0.495 e. The average molecular weight is 551 g/mol. The lowest BCUT2D eigenvalue weighted by atomic mass is 9.83. The van der Waals surface area contributed by atoms with Crippen molar-refractivity contribution in [2.75, 3.05) is 23.5 Å². The van der Waals surface area contributed by atoms with E-state index < -0.39 is 5.92 Å². The monoisotopic (exact) mass is 550 g/mol. The predicted octanol–water partition coefficient (Wildman–Crippen LogP) is 6.15. The van der Waals surface area contributed by atoms with Gasteiger partial charge in [0.2, 0.25) is 5.91 Å². The number of nitriles is 1. The Balaban J connectivity index is 1.39. The smallest absolute Gasteiger partial charge is 0.254 e. The fraction of sp³-hybridized carbons (Fsp3) is 0.129. The topological polar surface area (TPSA) is 116 Å². The predicted molar refractivity (Wildman–Crippen MR) is 157 cm³/mol. The molecule has 1 atom stereocenters. The van der Waals surface area contributed by atoms with Gasteiger partial charge in [0, 0.05) is 27.9 Å². The van der Waals surface area contributed by atoms with Gasteiger partial charge in [0.25, 0.3) is 5.91 Å². The van der Waals surface area contributed by atoms with E-state index in [2.05, 4.69) is 22.0 Å². The summed E-state index contributed by atoms with van der Waals surface area (Å²) in [7, 11) is 1.53. The molecule has 40 heavy (non-hydrogen) atoms. The third-order valence-electron chi connectivity index (χ3n) is 6.54. The lowest BCUT2D eigenvalue weighted by Gasteiger charge is -2.29. The number of anilines is 2. The summed E-state index contributed by atoms with van der Waals surface area (Å²) in [4.78, 5) is 26.6. The quantitative estimate of drug-likeness (QED) is 0.241. The van der Waals surface area contributed by atoms with Gasteiger partial charge in [-0.3, -0.25) is 9.59 Å². The van der Waals surface area contributed by atoms with Gasteiger partial charge < -0.3 is 25.1 Å². The molecule has 1 aromatic heterocycles. The van der Waals surface area contributed by atoms with Gasteiger partial charge in [-0.15, -0.1) is 0 Å². The number of hydrogen-bond acceptors (Lipinski definition) is 7. The molecule has 200 valence electrons. The average Bonchev–Trinajstić information content (AvgIpc) is 3.51. The molecular formula is C31H26N4O4S. The number of para-hydroxylation sites is 2. The van der Waals surface area contributed by atoms with E-state index in [9.17, 15) is 14.9 Å². The van der Waals surface area contributed by atoms with E-state index in [0.717, 1.165) is 16.5 Å². The fourth-order valence-corrected chi connectivity index (χ4v) is 5.59. The molecule has 0 aliphatic carbocycles. The molecular weight excluding hydrogens is 524 g/mol. The van der Waals surface area contributed by atoms with Gasteiger partial charge in [-0.05, 0) is 36.6 Å². The Labute approximate surface area is 235 Å². The first-order chi connectivity index (χ1) is 19.5. The molecule has 8 nitrogen and oxygen atoms in total.